The molecule has 6 nitrogen and oxygen atoms in total. The Hall–Kier alpha value is -2.11. The van der Waals surface area contributed by atoms with Crippen LogP contribution in [0.4, 0.5) is 5.82 Å². The van der Waals surface area contributed by atoms with Crippen LogP contribution in [0.1, 0.15) is 56.3 Å². The Labute approximate surface area is 156 Å². The second kappa shape index (κ2) is 8.52. The van der Waals surface area contributed by atoms with E-state index >= 15 is 0 Å². The number of piperidine rings is 2. The molecule has 0 aliphatic carbocycles. The SMILES string of the molecule is CC(C)C(=O)NC1CCCN(c2ncccc2C(=O)N2CCCCC2)C1. The van der Waals surface area contributed by atoms with Crippen molar-refractivity contribution in [2.24, 2.45) is 5.92 Å². The Morgan fingerprint density at radius 2 is 1.92 bits per heavy atom. The van der Waals surface area contributed by atoms with Gasteiger partial charge in [0.25, 0.3) is 5.91 Å². The quantitative estimate of drug-likeness (QED) is 0.898. The zero-order valence-corrected chi connectivity index (χ0v) is 15.9. The number of pyridine rings is 1. The normalized spacial score (nSPS) is 21.0. The van der Waals surface area contributed by atoms with Gasteiger partial charge in [0.15, 0.2) is 0 Å². The molecule has 2 aliphatic heterocycles. The number of nitrogens with one attached hydrogen (secondary N) is 1. The molecule has 2 aliphatic rings. The van der Waals surface area contributed by atoms with E-state index in [1.54, 1.807) is 6.20 Å². The molecule has 26 heavy (non-hydrogen) atoms. The molecular formula is C20H30N4O2. The molecule has 3 rings (SSSR count). The standard InChI is InChI=1S/C20H30N4O2/c1-15(2)19(25)22-16-8-7-13-24(14-16)18-17(9-6-10-21-18)20(26)23-11-4-3-5-12-23/h6,9-10,15-16H,3-5,7-8,11-14H2,1-2H3,(H,22,25). The van der Waals surface area contributed by atoms with Crippen LogP contribution in [-0.2, 0) is 4.79 Å². The molecule has 1 atom stereocenters. The summed E-state index contributed by atoms with van der Waals surface area (Å²) in [5, 5.41) is 3.13. The van der Waals surface area contributed by atoms with Crippen LogP contribution in [0.25, 0.3) is 0 Å². The molecule has 1 aromatic rings. The van der Waals surface area contributed by atoms with Crippen LogP contribution in [0.3, 0.4) is 0 Å². The van der Waals surface area contributed by atoms with Crippen molar-refractivity contribution in [2.75, 3.05) is 31.1 Å². The van der Waals surface area contributed by atoms with Crippen molar-refractivity contribution in [1.29, 1.82) is 0 Å². The van der Waals surface area contributed by atoms with Gasteiger partial charge in [-0.15, -0.1) is 0 Å². The fourth-order valence-electron chi connectivity index (χ4n) is 3.74. The summed E-state index contributed by atoms with van der Waals surface area (Å²) < 4.78 is 0. The van der Waals surface area contributed by atoms with Crippen molar-refractivity contribution in [1.82, 2.24) is 15.2 Å². The highest BCUT2D eigenvalue weighted by molar-refractivity contribution is 5.99. The van der Waals surface area contributed by atoms with E-state index in [0.717, 1.165) is 51.1 Å². The fraction of sp³-hybridized carbons (Fsp3) is 0.650. The van der Waals surface area contributed by atoms with Crippen molar-refractivity contribution in [3.05, 3.63) is 23.9 Å². The molecule has 0 radical (unpaired) electrons. The molecule has 2 saturated heterocycles. The molecule has 2 fully saturated rings. The average molecular weight is 358 g/mol. The average Bonchev–Trinajstić information content (AvgIpc) is 2.68. The topological polar surface area (TPSA) is 65.5 Å². The van der Waals surface area contributed by atoms with Crippen LogP contribution >= 0.6 is 0 Å². The van der Waals surface area contributed by atoms with E-state index in [0.29, 0.717) is 12.1 Å². The van der Waals surface area contributed by atoms with Crippen molar-refractivity contribution < 1.29 is 9.59 Å². The fourth-order valence-corrected chi connectivity index (χ4v) is 3.74. The van der Waals surface area contributed by atoms with Crippen molar-refractivity contribution in [3.63, 3.8) is 0 Å². The lowest BCUT2D eigenvalue weighted by molar-refractivity contribution is -0.124. The summed E-state index contributed by atoms with van der Waals surface area (Å²) >= 11 is 0. The predicted molar refractivity (Wildman–Crippen MR) is 102 cm³/mol. The molecule has 1 aromatic heterocycles. The van der Waals surface area contributed by atoms with E-state index in [-0.39, 0.29) is 23.8 Å². The minimum atomic E-state index is -0.0172. The van der Waals surface area contributed by atoms with Crippen molar-refractivity contribution >= 4 is 17.6 Å². The van der Waals surface area contributed by atoms with Gasteiger partial charge in [-0.2, -0.15) is 0 Å². The van der Waals surface area contributed by atoms with Crippen LogP contribution in [0.15, 0.2) is 18.3 Å². The van der Waals surface area contributed by atoms with Gasteiger partial charge in [0, 0.05) is 44.3 Å². The van der Waals surface area contributed by atoms with Gasteiger partial charge < -0.3 is 15.1 Å². The third kappa shape index (κ3) is 4.34. The number of amides is 2. The smallest absolute Gasteiger partial charge is 0.257 e. The van der Waals surface area contributed by atoms with Gasteiger partial charge in [-0.3, -0.25) is 9.59 Å². The predicted octanol–water partition coefficient (Wildman–Crippen LogP) is 2.45. The Morgan fingerprint density at radius 1 is 1.15 bits per heavy atom. The van der Waals surface area contributed by atoms with Crippen LogP contribution < -0.4 is 10.2 Å². The second-order valence-corrected chi connectivity index (χ2v) is 7.68. The van der Waals surface area contributed by atoms with Gasteiger partial charge in [0.05, 0.1) is 5.56 Å². The number of nitrogens with zero attached hydrogens (tertiary/aromatic N) is 3. The summed E-state index contributed by atoms with van der Waals surface area (Å²) in [5.41, 5.74) is 0.685. The summed E-state index contributed by atoms with van der Waals surface area (Å²) in [6.07, 6.45) is 7.06. The lowest BCUT2D eigenvalue weighted by Crippen LogP contribution is -2.49. The van der Waals surface area contributed by atoms with E-state index in [1.807, 2.05) is 30.9 Å². The van der Waals surface area contributed by atoms with Gasteiger partial charge in [-0.1, -0.05) is 13.8 Å². The van der Waals surface area contributed by atoms with Gasteiger partial charge in [-0.05, 0) is 44.2 Å². The highest BCUT2D eigenvalue weighted by Gasteiger charge is 2.28. The molecule has 1 N–H and O–H groups in total. The maximum absolute atomic E-state index is 13.0. The lowest BCUT2D eigenvalue weighted by atomic mass is 10.0. The minimum Gasteiger partial charge on any atom is -0.354 e. The van der Waals surface area contributed by atoms with Gasteiger partial charge >= 0.3 is 0 Å². The number of hydrogen-bond donors (Lipinski definition) is 1. The van der Waals surface area contributed by atoms with Crippen LogP contribution in [0.2, 0.25) is 0 Å². The first kappa shape index (κ1) is 18.7. The number of anilines is 1. The van der Waals surface area contributed by atoms with E-state index in [4.69, 9.17) is 0 Å². The Morgan fingerprint density at radius 3 is 2.65 bits per heavy atom. The van der Waals surface area contributed by atoms with Gasteiger partial charge in [-0.25, -0.2) is 4.98 Å². The summed E-state index contributed by atoms with van der Waals surface area (Å²) in [5.74, 6) is 0.909. The lowest BCUT2D eigenvalue weighted by Gasteiger charge is -2.36. The monoisotopic (exact) mass is 358 g/mol. The molecule has 0 saturated carbocycles. The maximum atomic E-state index is 13.0. The van der Waals surface area contributed by atoms with Crippen molar-refractivity contribution in [2.45, 2.75) is 52.0 Å². The van der Waals surface area contributed by atoms with Crippen molar-refractivity contribution in [3.8, 4) is 0 Å². The number of carbonyl (C=O) groups is 2. The molecule has 6 heteroatoms. The Kier molecular flexibility index (Phi) is 6.12. The van der Waals surface area contributed by atoms with E-state index < -0.39 is 0 Å². The van der Waals surface area contributed by atoms with Gasteiger partial charge in [0.1, 0.15) is 5.82 Å². The molecule has 142 valence electrons. The number of likely N-dealkylation sites (tertiary alicyclic amines) is 1. The third-order valence-electron chi connectivity index (χ3n) is 5.25. The summed E-state index contributed by atoms with van der Waals surface area (Å²) in [6, 6.07) is 3.83. The zero-order valence-electron chi connectivity index (χ0n) is 15.9. The first-order valence-corrected chi connectivity index (χ1v) is 9.86. The zero-order chi connectivity index (χ0) is 18.5. The van der Waals surface area contributed by atoms with E-state index in [9.17, 15) is 9.59 Å². The van der Waals surface area contributed by atoms with E-state index in [1.165, 1.54) is 6.42 Å². The summed E-state index contributed by atoms with van der Waals surface area (Å²) in [6.45, 7) is 7.05. The highest BCUT2D eigenvalue weighted by atomic mass is 16.2. The third-order valence-corrected chi connectivity index (χ3v) is 5.25. The molecular weight excluding hydrogens is 328 g/mol. The highest BCUT2D eigenvalue weighted by Crippen LogP contribution is 2.24. The molecule has 2 amide bonds. The second-order valence-electron chi connectivity index (χ2n) is 7.68. The van der Waals surface area contributed by atoms with Crippen LogP contribution in [0.5, 0.6) is 0 Å². The summed E-state index contributed by atoms with van der Waals surface area (Å²) in [4.78, 5) is 33.7. The molecule has 1 unspecified atom stereocenters. The molecule has 0 spiro atoms. The van der Waals surface area contributed by atoms with E-state index in [2.05, 4.69) is 15.2 Å². The molecule has 0 bridgehead atoms. The Bertz CT molecular complexity index is 640. The number of hydrogen-bond acceptors (Lipinski definition) is 4. The maximum Gasteiger partial charge on any atom is 0.257 e. The van der Waals surface area contributed by atoms with Gasteiger partial charge in [0.2, 0.25) is 5.91 Å². The number of aromatic nitrogens is 1. The first-order valence-electron chi connectivity index (χ1n) is 9.86. The summed E-state index contributed by atoms with van der Waals surface area (Å²) in [7, 11) is 0. The number of carbonyl (C=O) groups excluding carboxylic acids is 2. The molecule has 0 aromatic carbocycles. The molecule has 3 heterocycles. The van der Waals surface area contributed by atoms with Crippen LogP contribution in [-0.4, -0.2) is 53.9 Å². The largest absolute Gasteiger partial charge is 0.354 e. The first-order chi connectivity index (χ1) is 12.6. The Balaban J connectivity index is 1.74. The van der Waals surface area contributed by atoms with Crippen LogP contribution in [0, 0.1) is 5.92 Å². The minimum absolute atomic E-state index is 0.0172. The number of rotatable bonds is 4.